The summed E-state index contributed by atoms with van der Waals surface area (Å²) in [7, 11) is 0. The summed E-state index contributed by atoms with van der Waals surface area (Å²) in [5, 5.41) is 3.25. The third-order valence-corrected chi connectivity index (χ3v) is 6.11. The minimum atomic E-state index is 0.172. The van der Waals surface area contributed by atoms with Crippen molar-refractivity contribution in [2.24, 2.45) is 11.3 Å². The number of ether oxygens (including phenoxy) is 1. The Hall–Kier alpha value is -1.50. The number of hydrogen-bond acceptors (Lipinski definition) is 6. The van der Waals surface area contributed by atoms with Crippen LogP contribution in [0.25, 0.3) is 0 Å². The van der Waals surface area contributed by atoms with E-state index in [9.17, 15) is 0 Å². The largest absolute Gasteiger partial charge is 0.379 e. The summed E-state index contributed by atoms with van der Waals surface area (Å²) in [6, 6.07) is 6.15. The molecule has 0 amide bonds. The minimum Gasteiger partial charge on any atom is -0.379 e. The summed E-state index contributed by atoms with van der Waals surface area (Å²) in [6.45, 7) is 9.05. The molecule has 1 spiro atoms. The molecule has 2 aromatic rings. The number of thiazole rings is 1. The molecular formula is C18H24N4OS. The second kappa shape index (κ2) is 6.78. The molecule has 5 nitrogen and oxygen atoms in total. The number of hydrogen-bond donors (Lipinski definition) is 0. The fourth-order valence-corrected chi connectivity index (χ4v) is 4.59. The maximum atomic E-state index is 6.03. The van der Waals surface area contributed by atoms with Gasteiger partial charge in [0.15, 0.2) is 0 Å². The first kappa shape index (κ1) is 16.0. The standard InChI is InChI=1S/C18H24N4OS/c1-15-10-22(16-4-2-3-5-19-16)13-18(15)12-21(7-8-23-14-18)11-17-20-6-9-24-17/h2-6,9,15H,7-8,10-14H2,1H3/t15-,18-/m1/s1. The zero-order chi connectivity index (χ0) is 16.4. The molecule has 2 aliphatic heterocycles. The predicted molar refractivity (Wildman–Crippen MR) is 96.3 cm³/mol. The van der Waals surface area contributed by atoms with E-state index in [0.29, 0.717) is 5.92 Å². The van der Waals surface area contributed by atoms with E-state index in [4.69, 9.17) is 4.74 Å². The molecule has 4 rings (SSSR count). The fourth-order valence-electron chi connectivity index (χ4n) is 3.93. The first-order valence-electron chi connectivity index (χ1n) is 8.60. The van der Waals surface area contributed by atoms with Crippen molar-refractivity contribution in [1.29, 1.82) is 0 Å². The van der Waals surface area contributed by atoms with Crippen molar-refractivity contribution in [1.82, 2.24) is 14.9 Å². The highest BCUT2D eigenvalue weighted by Gasteiger charge is 2.46. The average Bonchev–Trinajstić information content (AvgIpc) is 3.15. The Kier molecular flexibility index (Phi) is 4.52. The third kappa shape index (κ3) is 3.18. The second-order valence-corrected chi connectivity index (χ2v) is 8.00. The minimum absolute atomic E-state index is 0.172. The van der Waals surface area contributed by atoms with Gasteiger partial charge in [0.2, 0.25) is 0 Å². The van der Waals surface area contributed by atoms with E-state index >= 15 is 0 Å². The Bertz CT molecular complexity index is 650. The van der Waals surface area contributed by atoms with Crippen LogP contribution < -0.4 is 4.90 Å². The summed E-state index contributed by atoms with van der Waals surface area (Å²) in [4.78, 5) is 13.9. The van der Waals surface area contributed by atoms with Gasteiger partial charge < -0.3 is 9.64 Å². The summed E-state index contributed by atoms with van der Waals surface area (Å²) < 4.78 is 6.03. The lowest BCUT2D eigenvalue weighted by molar-refractivity contribution is 0.0556. The smallest absolute Gasteiger partial charge is 0.128 e. The molecule has 0 aliphatic carbocycles. The van der Waals surface area contributed by atoms with Crippen molar-refractivity contribution in [3.05, 3.63) is 41.0 Å². The van der Waals surface area contributed by atoms with Crippen molar-refractivity contribution in [3.8, 4) is 0 Å². The molecule has 6 heteroatoms. The lowest BCUT2D eigenvalue weighted by atomic mass is 9.79. The van der Waals surface area contributed by atoms with E-state index in [-0.39, 0.29) is 5.41 Å². The van der Waals surface area contributed by atoms with Crippen LogP contribution in [-0.4, -0.2) is 54.3 Å². The lowest BCUT2D eigenvalue weighted by Crippen LogP contribution is -2.43. The fraction of sp³-hybridized carbons (Fsp3) is 0.556. The highest BCUT2D eigenvalue weighted by atomic mass is 32.1. The molecule has 2 atom stereocenters. The van der Waals surface area contributed by atoms with Gasteiger partial charge in [-0.3, -0.25) is 4.90 Å². The quantitative estimate of drug-likeness (QED) is 0.856. The molecule has 2 aliphatic rings. The number of anilines is 1. The molecule has 0 aromatic carbocycles. The monoisotopic (exact) mass is 344 g/mol. The van der Waals surface area contributed by atoms with Gasteiger partial charge >= 0.3 is 0 Å². The summed E-state index contributed by atoms with van der Waals surface area (Å²) in [5.41, 5.74) is 0.172. The Morgan fingerprint density at radius 2 is 2.25 bits per heavy atom. The molecule has 0 N–H and O–H groups in total. The molecule has 24 heavy (non-hydrogen) atoms. The van der Waals surface area contributed by atoms with Crippen LogP contribution >= 0.6 is 11.3 Å². The van der Waals surface area contributed by atoms with Gasteiger partial charge in [-0.15, -0.1) is 11.3 Å². The molecule has 2 saturated heterocycles. The maximum absolute atomic E-state index is 6.03. The summed E-state index contributed by atoms with van der Waals surface area (Å²) in [5.74, 6) is 1.66. The van der Waals surface area contributed by atoms with Crippen LogP contribution in [0.15, 0.2) is 36.0 Å². The van der Waals surface area contributed by atoms with Crippen LogP contribution in [0.4, 0.5) is 5.82 Å². The van der Waals surface area contributed by atoms with E-state index in [2.05, 4.69) is 44.2 Å². The Morgan fingerprint density at radius 3 is 3.04 bits per heavy atom. The zero-order valence-electron chi connectivity index (χ0n) is 14.1. The van der Waals surface area contributed by atoms with Gasteiger partial charge in [-0.25, -0.2) is 9.97 Å². The van der Waals surface area contributed by atoms with E-state index < -0.39 is 0 Å². The third-order valence-electron chi connectivity index (χ3n) is 5.34. The normalized spacial score (nSPS) is 28.4. The van der Waals surface area contributed by atoms with Crippen LogP contribution in [-0.2, 0) is 11.3 Å². The van der Waals surface area contributed by atoms with Gasteiger partial charge in [0.25, 0.3) is 0 Å². The highest BCUT2D eigenvalue weighted by Crippen LogP contribution is 2.40. The number of rotatable bonds is 3. The van der Waals surface area contributed by atoms with Crippen molar-refractivity contribution >= 4 is 17.2 Å². The number of pyridine rings is 1. The molecule has 128 valence electrons. The lowest BCUT2D eigenvalue weighted by Gasteiger charge is -2.34. The van der Waals surface area contributed by atoms with Gasteiger partial charge in [-0.2, -0.15) is 0 Å². The van der Waals surface area contributed by atoms with E-state index in [1.807, 2.05) is 18.5 Å². The molecule has 0 radical (unpaired) electrons. The molecule has 0 unspecified atom stereocenters. The summed E-state index contributed by atoms with van der Waals surface area (Å²) in [6.07, 6.45) is 3.77. The van der Waals surface area contributed by atoms with E-state index in [1.165, 1.54) is 5.01 Å². The van der Waals surface area contributed by atoms with Crippen LogP contribution in [0, 0.1) is 11.3 Å². The van der Waals surface area contributed by atoms with Crippen molar-refractivity contribution in [3.63, 3.8) is 0 Å². The SMILES string of the molecule is C[C@@H]1CN(c2ccccn2)C[C@]12COCCN(Cc1nccs1)C2. The predicted octanol–water partition coefficient (Wildman–Crippen LogP) is 2.51. The van der Waals surface area contributed by atoms with Crippen LogP contribution in [0.2, 0.25) is 0 Å². The first-order valence-corrected chi connectivity index (χ1v) is 9.48. The van der Waals surface area contributed by atoms with Gasteiger partial charge in [-0.05, 0) is 18.1 Å². The van der Waals surface area contributed by atoms with E-state index in [0.717, 1.165) is 51.8 Å². The second-order valence-electron chi connectivity index (χ2n) is 7.02. The molecule has 2 fully saturated rings. The molecule has 0 saturated carbocycles. The first-order chi connectivity index (χ1) is 11.8. The Balaban J connectivity index is 1.52. The van der Waals surface area contributed by atoms with Crippen molar-refractivity contribution < 1.29 is 4.74 Å². The molecular weight excluding hydrogens is 320 g/mol. The highest BCUT2D eigenvalue weighted by molar-refractivity contribution is 7.09. The molecule has 4 heterocycles. The summed E-state index contributed by atoms with van der Waals surface area (Å²) >= 11 is 1.74. The Labute approximate surface area is 147 Å². The topological polar surface area (TPSA) is 41.5 Å². The molecule has 2 aromatic heterocycles. The average molecular weight is 344 g/mol. The van der Waals surface area contributed by atoms with Gasteiger partial charge in [0, 0.05) is 49.4 Å². The van der Waals surface area contributed by atoms with Gasteiger partial charge in [-0.1, -0.05) is 13.0 Å². The van der Waals surface area contributed by atoms with Crippen LogP contribution in [0.1, 0.15) is 11.9 Å². The van der Waals surface area contributed by atoms with Crippen LogP contribution in [0.3, 0.4) is 0 Å². The van der Waals surface area contributed by atoms with Crippen molar-refractivity contribution in [2.75, 3.05) is 44.3 Å². The Morgan fingerprint density at radius 1 is 1.29 bits per heavy atom. The maximum Gasteiger partial charge on any atom is 0.128 e. The van der Waals surface area contributed by atoms with E-state index in [1.54, 1.807) is 11.3 Å². The molecule has 0 bridgehead atoms. The van der Waals surface area contributed by atoms with Crippen LogP contribution in [0.5, 0.6) is 0 Å². The zero-order valence-corrected chi connectivity index (χ0v) is 14.9. The van der Waals surface area contributed by atoms with Gasteiger partial charge in [0.1, 0.15) is 10.8 Å². The number of aromatic nitrogens is 2. The number of nitrogens with zero attached hydrogens (tertiary/aromatic N) is 4. The van der Waals surface area contributed by atoms with Gasteiger partial charge in [0.05, 0.1) is 19.8 Å². The van der Waals surface area contributed by atoms with Crippen molar-refractivity contribution in [2.45, 2.75) is 13.5 Å².